The van der Waals surface area contributed by atoms with Crippen LogP contribution in [0.1, 0.15) is 39.8 Å². The van der Waals surface area contributed by atoms with E-state index in [1.807, 2.05) is 54.6 Å². The quantitative estimate of drug-likeness (QED) is 0.378. The Morgan fingerprint density at radius 3 is 2.47 bits per heavy atom. The second-order valence-electron chi connectivity index (χ2n) is 8.46. The van der Waals surface area contributed by atoms with Gasteiger partial charge in [0.25, 0.3) is 5.91 Å². The van der Waals surface area contributed by atoms with Crippen LogP contribution in [0.5, 0.6) is 5.75 Å². The summed E-state index contributed by atoms with van der Waals surface area (Å²) in [4.78, 5) is 33.6. The maximum Gasteiger partial charge on any atom is 0.359 e. The van der Waals surface area contributed by atoms with Gasteiger partial charge in [0.1, 0.15) is 5.75 Å². The van der Waals surface area contributed by atoms with Crippen molar-refractivity contribution in [3.05, 3.63) is 102 Å². The summed E-state index contributed by atoms with van der Waals surface area (Å²) in [5, 5.41) is 8.31. The molecule has 0 spiro atoms. The molecule has 0 fully saturated rings. The van der Waals surface area contributed by atoms with Gasteiger partial charge in [0.05, 0.1) is 30.8 Å². The summed E-state index contributed by atoms with van der Waals surface area (Å²) in [6.07, 6.45) is 3.32. The molecule has 0 saturated carbocycles. The van der Waals surface area contributed by atoms with Crippen molar-refractivity contribution >= 4 is 28.4 Å². The van der Waals surface area contributed by atoms with Gasteiger partial charge in [-0.25, -0.2) is 14.8 Å². The van der Waals surface area contributed by atoms with E-state index in [-0.39, 0.29) is 11.7 Å². The zero-order chi connectivity index (χ0) is 25.1. The van der Waals surface area contributed by atoms with Gasteiger partial charge in [0.2, 0.25) is 0 Å². The number of esters is 1. The van der Waals surface area contributed by atoms with Gasteiger partial charge in [-0.05, 0) is 47.0 Å². The summed E-state index contributed by atoms with van der Waals surface area (Å²) < 4.78 is 10.5. The Hall–Kier alpha value is -4.59. The molecule has 8 heteroatoms. The summed E-state index contributed by atoms with van der Waals surface area (Å²) in [5.74, 6) is -0.423. The third-order valence-electron chi connectivity index (χ3n) is 6.07. The van der Waals surface area contributed by atoms with Gasteiger partial charge in [-0.3, -0.25) is 9.78 Å². The molecule has 4 aromatic rings. The Morgan fingerprint density at radius 1 is 0.972 bits per heavy atom. The molecule has 0 bridgehead atoms. The first-order valence-corrected chi connectivity index (χ1v) is 11.5. The average Bonchev–Trinajstić information content (AvgIpc) is 3.37. The summed E-state index contributed by atoms with van der Waals surface area (Å²) in [6, 6.07) is 21.4. The van der Waals surface area contributed by atoms with Crippen LogP contribution in [0.25, 0.3) is 10.8 Å². The summed E-state index contributed by atoms with van der Waals surface area (Å²) in [6.45, 7) is 1.30. The standard InChI is InChI=1S/C28H24N4O4/c1-18-15-30-25(16-29-18)28(34)36-17-27(33)32-26(20-9-11-23(35-2)12-10-20)14-24(31-32)22-8-7-19-5-3-4-6-21(19)13-22/h3-13,15-16,26H,14,17H2,1-2H3. The van der Waals surface area contributed by atoms with Crippen molar-refractivity contribution in [2.75, 3.05) is 13.7 Å². The second kappa shape index (κ2) is 9.95. The Balaban J connectivity index is 1.40. The molecule has 1 aliphatic heterocycles. The number of hydrazone groups is 1. The lowest BCUT2D eigenvalue weighted by atomic mass is 9.97. The van der Waals surface area contributed by atoms with Gasteiger partial charge >= 0.3 is 5.97 Å². The Kier molecular flexibility index (Phi) is 6.40. The first-order valence-electron chi connectivity index (χ1n) is 11.5. The van der Waals surface area contributed by atoms with Gasteiger partial charge < -0.3 is 9.47 Å². The van der Waals surface area contributed by atoms with Crippen molar-refractivity contribution < 1.29 is 19.1 Å². The minimum Gasteiger partial charge on any atom is -0.497 e. The van der Waals surface area contributed by atoms with E-state index in [4.69, 9.17) is 9.47 Å². The van der Waals surface area contributed by atoms with E-state index in [2.05, 4.69) is 27.2 Å². The number of carbonyl (C=O) groups excluding carboxylic acids is 2. The smallest absolute Gasteiger partial charge is 0.359 e. The third kappa shape index (κ3) is 4.79. The highest BCUT2D eigenvalue weighted by Crippen LogP contribution is 2.34. The van der Waals surface area contributed by atoms with Crippen molar-refractivity contribution in [1.82, 2.24) is 15.0 Å². The lowest BCUT2D eigenvalue weighted by molar-refractivity contribution is -0.136. The number of benzene rings is 3. The molecule has 5 rings (SSSR count). The molecule has 1 unspecified atom stereocenters. The molecule has 1 amide bonds. The van der Waals surface area contributed by atoms with Crippen molar-refractivity contribution in [2.24, 2.45) is 5.10 Å². The van der Waals surface area contributed by atoms with Crippen molar-refractivity contribution in [3.63, 3.8) is 0 Å². The van der Waals surface area contributed by atoms with Crippen LogP contribution in [0.15, 0.2) is 84.2 Å². The van der Waals surface area contributed by atoms with Crippen LogP contribution in [-0.4, -0.2) is 46.3 Å². The van der Waals surface area contributed by atoms with E-state index in [9.17, 15) is 9.59 Å². The van der Waals surface area contributed by atoms with Crippen molar-refractivity contribution in [1.29, 1.82) is 0 Å². The number of rotatable bonds is 6. The maximum absolute atomic E-state index is 13.2. The molecule has 0 aliphatic carbocycles. The Morgan fingerprint density at radius 2 is 1.75 bits per heavy atom. The van der Waals surface area contributed by atoms with E-state index < -0.39 is 18.5 Å². The van der Waals surface area contributed by atoms with Crippen LogP contribution in [0.3, 0.4) is 0 Å². The third-order valence-corrected chi connectivity index (χ3v) is 6.07. The Bertz CT molecular complexity index is 1450. The fraction of sp³-hybridized carbons (Fsp3) is 0.179. The minimum atomic E-state index is -0.713. The van der Waals surface area contributed by atoms with E-state index in [0.717, 1.165) is 33.4 Å². The van der Waals surface area contributed by atoms with Crippen LogP contribution in [0.4, 0.5) is 0 Å². The zero-order valence-electron chi connectivity index (χ0n) is 19.9. The second-order valence-corrected chi connectivity index (χ2v) is 8.46. The number of aromatic nitrogens is 2. The van der Waals surface area contributed by atoms with E-state index in [1.54, 1.807) is 14.0 Å². The highest BCUT2D eigenvalue weighted by Gasteiger charge is 2.33. The van der Waals surface area contributed by atoms with Gasteiger partial charge in [0, 0.05) is 12.6 Å². The maximum atomic E-state index is 13.2. The Labute approximate surface area is 208 Å². The van der Waals surface area contributed by atoms with E-state index in [0.29, 0.717) is 12.1 Å². The van der Waals surface area contributed by atoms with E-state index in [1.165, 1.54) is 17.4 Å². The lowest BCUT2D eigenvalue weighted by Gasteiger charge is -2.22. The number of nitrogens with zero attached hydrogens (tertiary/aromatic N) is 4. The number of hydrogen-bond acceptors (Lipinski definition) is 7. The van der Waals surface area contributed by atoms with Crippen LogP contribution in [-0.2, 0) is 9.53 Å². The fourth-order valence-corrected chi connectivity index (χ4v) is 4.13. The number of amides is 1. The summed E-state index contributed by atoms with van der Waals surface area (Å²) in [5.41, 5.74) is 3.35. The van der Waals surface area contributed by atoms with Crippen LogP contribution in [0, 0.1) is 6.92 Å². The van der Waals surface area contributed by atoms with Crippen molar-refractivity contribution in [3.8, 4) is 5.75 Å². The minimum absolute atomic E-state index is 0.0434. The topological polar surface area (TPSA) is 94.0 Å². The number of ether oxygens (including phenoxy) is 2. The molecule has 2 heterocycles. The normalized spacial score (nSPS) is 15.0. The highest BCUT2D eigenvalue weighted by atomic mass is 16.5. The number of aryl methyl sites for hydroxylation is 1. The predicted octanol–water partition coefficient (Wildman–Crippen LogP) is 4.48. The molecule has 3 aromatic carbocycles. The molecule has 0 saturated heterocycles. The van der Waals surface area contributed by atoms with Gasteiger partial charge in [0.15, 0.2) is 12.3 Å². The average molecular weight is 481 g/mol. The molecule has 1 aliphatic rings. The molecule has 0 radical (unpaired) electrons. The molecule has 0 N–H and O–H groups in total. The summed E-state index contributed by atoms with van der Waals surface area (Å²) in [7, 11) is 1.61. The number of methoxy groups -OCH3 is 1. The number of hydrogen-bond donors (Lipinski definition) is 0. The first-order chi connectivity index (χ1) is 17.5. The number of fused-ring (bicyclic) bond motifs is 1. The molecule has 8 nitrogen and oxygen atoms in total. The van der Waals surface area contributed by atoms with Gasteiger partial charge in [-0.15, -0.1) is 0 Å². The van der Waals surface area contributed by atoms with Crippen molar-refractivity contribution in [2.45, 2.75) is 19.4 Å². The van der Waals surface area contributed by atoms with Gasteiger partial charge in [-0.2, -0.15) is 5.10 Å². The van der Waals surface area contributed by atoms with Crippen LogP contribution >= 0.6 is 0 Å². The van der Waals surface area contributed by atoms with Crippen LogP contribution in [0.2, 0.25) is 0 Å². The molecule has 36 heavy (non-hydrogen) atoms. The molecule has 1 atom stereocenters. The lowest BCUT2D eigenvalue weighted by Crippen LogP contribution is -2.31. The van der Waals surface area contributed by atoms with E-state index >= 15 is 0 Å². The first kappa shape index (κ1) is 23.2. The largest absolute Gasteiger partial charge is 0.497 e. The SMILES string of the molecule is COc1ccc(C2CC(c3ccc4ccccc4c3)=NN2C(=O)COC(=O)c2cnc(C)cn2)cc1. The molecular weight excluding hydrogens is 456 g/mol. The highest BCUT2D eigenvalue weighted by molar-refractivity contribution is 6.05. The monoisotopic (exact) mass is 480 g/mol. The molecule has 180 valence electrons. The fourth-order valence-electron chi connectivity index (χ4n) is 4.13. The molecule has 1 aromatic heterocycles. The molecular formula is C28H24N4O4. The van der Waals surface area contributed by atoms with Gasteiger partial charge in [-0.1, -0.05) is 48.5 Å². The number of carbonyl (C=O) groups is 2. The zero-order valence-corrected chi connectivity index (χ0v) is 19.9. The van der Waals surface area contributed by atoms with Crippen LogP contribution < -0.4 is 4.74 Å². The predicted molar refractivity (Wildman–Crippen MR) is 135 cm³/mol. The summed E-state index contributed by atoms with van der Waals surface area (Å²) >= 11 is 0.